The normalized spacial score (nSPS) is 41.8. The van der Waals surface area contributed by atoms with Crippen LogP contribution >= 0.6 is 11.8 Å². The lowest BCUT2D eigenvalue weighted by Crippen LogP contribution is -2.63. The third-order valence-corrected chi connectivity index (χ3v) is 11.7. The van der Waals surface area contributed by atoms with Crippen molar-refractivity contribution in [2.75, 3.05) is 5.75 Å². The molecule has 2 heterocycles. The molecule has 1 N–H and O–H groups in total. The average molecular weight is 564 g/mol. The number of ketones is 2. The van der Waals surface area contributed by atoms with Gasteiger partial charge in [-0.2, -0.15) is 0 Å². The highest BCUT2D eigenvalue weighted by atomic mass is 32.2. The van der Waals surface area contributed by atoms with Crippen molar-refractivity contribution in [2.45, 2.75) is 88.6 Å². The van der Waals surface area contributed by atoms with E-state index < -0.39 is 23.4 Å². The van der Waals surface area contributed by atoms with E-state index in [0.717, 1.165) is 43.2 Å². The molecule has 7 rings (SSSR count). The third-order valence-electron chi connectivity index (χ3n) is 10.8. The van der Waals surface area contributed by atoms with Crippen LogP contribution < -0.4 is 0 Å². The Balaban J connectivity index is 1.22. The molecule has 0 spiro atoms. The van der Waals surface area contributed by atoms with Gasteiger partial charge in [0.25, 0.3) is 5.22 Å². The molecule has 7 nitrogen and oxygen atoms in total. The molecule has 0 radical (unpaired) electrons. The topological polar surface area (TPSA) is 98.9 Å². The van der Waals surface area contributed by atoms with Gasteiger partial charge in [0.15, 0.2) is 29.0 Å². The van der Waals surface area contributed by atoms with Crippen LogP contribution in [0, 0.1) is 28.6 Å². The minimum Gasteiger partial charge on any atom is -0.431 e. The van der Waals surface area contributed by atoms with E-state index in [0.29, 0.717) is 17.2 Å². The number of hydrogen-bond donors (Lipinski definition) is 1. The van der Waals surface area contributed by atoms with Crippen molar-refractivity contribution in [3.63, 3.8) is 0 Å². The van der Waals surface area contributed by atoms with Gasteiger partial charge in [-0.05, 0) is 68.2 Å². The van der Waals surface area contributed by atoms with Gasteiger partial charge in [0.1, 0.15) is 5.52 Å². The number of para-hydroxylation sites is 2. The van der Waals surface area contributed by atoms with E-state index in [4.69, 9.17) is 13.9 Å². The van der Waals surface area contributed by atoms with Crippen LogP contribution in [0.15, 0.2) is 57.7 Å². The van der Waals surface area contributed by atoms with Crippen molar-refractivity contribution in [2.24, 2.45) is 28.6 Å². The molecule has 4 aliphatic carbocycles. The number of fused-ring (bicyclic) bond motifs is 8. The van der Waals surface area contributed by atoms with E-state index in [1.54, 1.807) is 12.2 Å². The summed E-state index contributed by atoms with van der Waals surface area (Å²) < 4.78 is 19.2. The van der Waals surface area contributed by atoms with Crippen molar-refractivity contribution in [1.29, 1.82) is 0 Å². The maximum absolute atomic E-state index is 14.4. The van der Waals surface area contributed by atoms with Gasteiger partial charge in [-0.1, -0.05) is 62.7 Å². The average Bonchev–Trinajstić information content (AvgIpc) is 3.57. The Labute approximate surface area is 238 Å². The highest BCUT2D eigenvalue weighted by Crippen LogP contribution is 2.69. The first-order chi connectivity index (χ1) is 19.2. The lowest BCUT2D eigenvalue weighted by atomic mass is 9.46. The van der Waals surface area contributed by atoms with Gasteiger partial charge in [0.05, 0.1) is 18.0 Å². The number of hydrogen-bond acceptors (Lipinski definition) is 8. The second-order valence-corrected chi connectivity index (χ2v) is 13.7. The summed E-state index contributed by atoms with van der Waals surface area (Å²) in [6.45, 7) is 6.42. The molecule has 9 atom stereocenters. The highest BCUT2D eigenvalue weighted by molar-refractivity contribution is 7.99. The van der Waals surface area contributed by atoms with E-state index in [9.17, 15) is 14.7 Å². The summed E-state index contributed by atoms with van der Waals surface area (Å²) in [5.41, 5.74) is 0.524. The fourth-order valence-corrected chi connectivity index (χ4v) is 9.93. The zero-order valence-corrected chi connectivity index (χ0v) is 24.1. The molecule has 2 aromatic rings. The molecular formula is C32H37NO6S. The molecule has 1 aliphatic heterocycles. The molecule has 1 aromatic heterocycles. The molecule has 0 bridgehead atoms. The van der Waals surface area contributed by atoms with Gasteiger partial charge in [-0.3, -0.25) is 9.59 Å². The van der Waals surface area contributed by atoms with Crippen LogP contribution in [0.25, 0.3) is 11.1 Å². The Bertz CT molecular complexity index is 1400. The molecular weight excluding hydrogens is 526 g/mol. The van der Waals surface area contributed by atoms with Crippen molar-refractivity contribution in [3.05, 3.63) is 48.1 Å². The van der Waals surface area contributed by atoms with Crippen LogP contribution in [0.3, 0.4) is 0 Å². The Kier molecular flexibility index (Phi) is 6.24. The van der Waals surface area contributed by atoms with Crippen molar-refractivity contribution in [1.82, 2.24) is 4.98 Å². The number of allylic oxidation sites excluding steroid dienone is 4. The predicted octanol–water partition coefficient (Wildman–Crippen LogP) is 5.66. The molecule has 40 heavy (non-hydrogen) atoms. The molecule has 5 aliphatic rings. The predicted molar refractivity (Wildman–Crippen MR) is 151 cm³/mol. The fraction of sp³-hybridized carbons (Fsp3) is 0.594. The van der Waals surface area contributed by atoms with Crippen molar-refractivity contribution < 1.29 is 28.6 Å². The van der Waals surface area contributed by atoms with Gasteiger partial charge in [-0.25, -0.2) is 4.98 Å². The first kappa shape index (κ1) is 26.6. The molecule has 4 fully saturated rings. The van der Waals surface area contributed by atoms with Crippen LogP contribution in [-0.2, 0) is 19.1 Å². The second kappa shape index (κ2) is 9.38. The Morgan fingerprint density at radius 1 is 1.25 bits per heavy atom. The van der Waals surface area contributed by atoms with Gasteiger partial charge in [0, 0.05) is 16.7 Å². The lowest BCUT2D eigenvalue weighted by Gasteiger charge is -2.59. The number of aliphatic hydroxyl groups excluding tert-OH is 1. The summed E-state index contributed by atoms with van der Waals surface area (Å²) in [7, 11) is 0. The highest BCUT2D eigenvalue weighted by Gasteiger charge is 2.75. The number of carbonyl (C=O) groups excluding carboxylic acids is 2. The maximum Gasteiger partial charge on any atom is 0.257 e. The number of Topliss-reactive ketones (excluding diaryl/α,β-unsaturated/α-hetero) is 1. The van der Waals surface area contributed by atoms with Gasteiger partial charge in [-0.15, -0.1) is 0 Å². The molecule has 0 amide bonds. The van der Waals surface area contributed by atoms with E-state index >= 15 is 0 Å². The number of benzene rings is 1. The Morgan fingerprint density at radius 3 is 2.88 bits per heavy atom. The standard InChI is InChI=1S/C32H37NO6S/c1-4-7-27-38-26-15-21-20-11-10-18-14-19(34)12-13-30(18,2)28(20)23(35)16-31(21,3)32(26,39-27)25(36)17-40-29-33-22-8-5-6-9-24(22)37-29/h5-6,8-9,12-14,20-21,23,26-28,35H,4,7,10-11,15-17H2,1-3H3/t20?,21?,23-,26+,27+,28?,30?,31?,32+/m0/s1. The number of aliphatic hydroxyl groups is 1. The van der Waals surface area contributed by atoms with Crippen LogP contribution in [0.4, 0.5) is 0 Å². The van der Waals surface area contributed by atoms with Crippen LogP contribution in [0.1, 0.15) is 59.3 Å². The number of aromatic nitrogens is 1. The number of rotatable bonds is 6. The van der Waals surface area contributed by atoms with Crippen molar-refractivity contribution in [3.8, 4) is 0 Å². The zero-order chi connectivity index (χ0) is 27.9. The Hall–Kier alpha value is -2.26. The van der Waals surface area contributed by atoms with Crippen LogP contribution in [0.5, 0.6) is 0 Å². The van der Waals surface area contributed by atoms with Crippen molar-refractivity contribution >= 4 is 34.4 Å². The SMILES string of the molecule is CCC[C@@H]1O[C@@H]2CC3C4CCC5=CC(=O)C=CC5(C)C4[C@@H](O)CC3(C)[C@]2(C(=O)CSc2nc3ccccc3o2)O1. The first-order valence-corrected chi connectivity index (χ1v) is 15.7. The summed E-state index contributed by atoms with van der Waals surface area (Å²) in [6.07, 6.45) is 8.58. The molecule has 212 valence electrons. The van der Waals surface area contributed by atoms with E-state index in [1.807, 2.05) is 30.3 Å². The van der Waals surface area contributed by atoms with Crippen LogP contribution in [-0.4, -0.2) is 51.5 Å². The molecule has 8 heteroatoms. The minimum atomic E-state index is -1.13. The van der Waals surface area contributed by atoms with E-state index in [1.165, 1.54) is 11.8 Å². The minimum absolute atomic E-state index is 0.00947. The Morgan fingerprint density at radius 2 is 2.08 bits per heavy atom. The molecule has 1 aromatic carbocycles. The van der Waals surface area contributed by atoms with Crippen LogP contribution in [0.2, 0.25) is 0 Å². The third kappa shape index (κ3) is 3.65. The lowest BCUT2D eigenvalue weighted by molar-refractivity contribution is -0.197. The number of nitrogens with zero attached hydrogens (tertiary/aromatic N) is 1. The maximum atomic E-state index is 14.4. The molecule has 1 saturated heterocycles. The quantitative estimate of drug-likeness (QED) is 0.450. The number of thioether (sulfide) groups is 1. The van der Waals surface area contributed by atoms with E-state index in [2.05, 4.69) is 25.8 Å². The first-order valence-electron chi connectivity index (χ1n) is 14.7. The second-order valence-electron chi connectivity index (χ2n) is 12.8. The summed E-state index contributed by atoms with van der Waals surface area (Å²) >= 11 is 1.30. The largest absolute Gasteiger partial charge is 0.431 e. The zero-order valence-electron chi connectivity index (χ0n) is 23.3. The monoisotopic (exact) mass is 563 g/mol. The number of ether oxygens (including phenoxy) is 2. The smallest absolute Gasteiger partial charge is 0.257 e. The number of oxazole rings is 1. The van der Waals surface area contributed by atoms with Gasteiger partial charge >= 0.3 is 0 Å². The number of carbonyl (C=O) groups is 2. The summed E-state index contributed by atoms with van der Waals surface area (Å²) in [5.74, 6) is 0.530. The summed E-state index contributed by atoms with van der Waals surface area (Å²) in [6, 6.07) is 7.59. The van der Waals surface area contributed by atoms with Gasteiger partial charge < -0.3 is 19.0 Å². The van der Waals surface area contributed by atoms with E-state index in [-0.39, 0.29) is 46.6 Å². The summed E-state index contributed by atoms with van der Waals surface area (Å²) in [5, 5.41) is 12.3. The molecule has 3 saturated carbocycles. The molecule has 5 unspecified atom stereocenters. The van der Waals surface area contributed by atoms with Gasteiger partial charge in [0.2, 0.25) is 0 Å². The fourth-order valence-electron chi connectivity index (χ4n) is 9.15. The summed E-state index contributed by atoms with van der Waals surface area (Å²) in [4.78, 5) is 31.1.